The van der Waals surface area contributed by atoms with Crippen LogP contribution in [0.5, 0.6) is 0 Å². The Morgan fingerprint density at radius 3 is 2.67 bits per heavy atom. The number of thiocarbonyl (C=S) groups is 1. The van der Waals surface area contributed by atoms with Crippen molar-refractivity contribution in [3.05, 3.63) is 70.9 Å². The Hall–Kier alpha value is -2.97. The van der Waals surface area contributed by atoms with Gasteiger partial charge in [-0.15, -0.1) is 0 Å². The van der Waals surface area contributed by atoms with Gasteiger partial charge in [-0.1, -0.05) is 31.2 Å². The summed E-state index contributed by atoms with van der Waals surface area (Å²) in [6.45, 7) is 2.07. The number of anilines is 1. The molecule has 0 aliphatic carbocycles. The van der Waals surface area contributed by atoms with Crippen LogP contribution in [-0.2, 0) is 11.2 Å². The number of nitrogens with one attached hydrogen (secondary N) is 1. The molecule has 118 valence electrons. The SMILES string of the molecule is CCc1cccc(N2C(=O)/C(=C\c3ccc(C#N)cc3)NC2=S)c1. The Kier molecular flexibility index (Phi) is 4.41. The van der Waals surface area contributed by atoms with E-state index < -0.39 is 0 Å². The number of amides is 1. The van der Waals surface area contributed by atoms with Crippen molar-refractivity contribution >= 4 is 35.0 Å². The summed E-state index contributed by atoms with van der Waals surface area (Å²) in [7, 11) is 0. The molecule has 0 spiro atoms. The van der Waals surface area contributed by atoms with Crippen LogP contribution in [0.4, 0.5) is 5.69 Å². The highest BCUT2D eigenvalue weighted by molar-refractivity contribution is 7.80. The molecule has 4 nitrogen and oxygen atoms in total. The van der Waals surface area contributed by atoms with Crippen LogP contribution in [-0.4, -0.2) is 11.0 Å². The lowest BCUT2D eigenvalue weighted by atomic mass is 10.1. The summed E-state index contributed by atoms with van der Waals surface area (Å²) in [5.41, 5.74) is 3.74. The maximum atomic E-state index is 12.7. The van der Waals surface area contributed by atoms with Gasteiger partial charge in [0.25, 0.3) is 5.91 Å². The number of carbonyl (C=O) groups is 1. The first-order valence-electron chi connectivity index (χ1n) is 7.58. The number of rotatable bonds is 3. The van der Waals surface area contributed by atoms with Gasteiger partial charge < -0.3 is 5.32 Å². The molecular formula is C19H15N3OS. The summed E-state index contributed by atoms with van der Waals surface area (Å²) in [6.07, 6.45) is 2.63. The summed E-state index contributed by atoms with van der Waals surface area (Å²) >= 11 is 5.32. The monoisotopic (exact) mass is 333 g/mol. The average Bonchev–Trinajstić information content (AvgIpc) is 2.89. The summed E-state index contributed by atoms with van der Waals surface area (Å²) in [4.78, 5) is 14.2. The van der Waals surface area contributed by atoms with Crippen LogP contribution >= 0.6 is 12.2 Å². The molecule has 5 heteroatoms. The van der Waals surface area contributed by atoms with Crippen LogP contribution in [0.2, 0.25) is 0 Å². The number of hydrogen-bond donors (Lipinski definition) is 1. The van der Waals surface area contributed by atoms with Crippen LogP contribution in [0, 0.1) is 11.3 Å². The van der Waals surface area contributed by atoms with E-state index in [1.807, 2.05) is 24.3 Å². The van der Waals surface area contributed by atoms with Crippen molar-refractivity contribution < 1.29 is 4.79 Å². The van der Waals surface area contributed by atoms with Crippen molar-refractivity contribution in [2.75, 3.05) is 4.90 Å². The van der Waals surface area contributed by atoms with E-state index in [2.05, 4.69) is 18.3 Å². The Balaban J connectivity index is 1.90. The summed E-state index contributed by atoms with van der Waals surface area (Å²) in [5.74, 6) is -0.183. The predicted molar refractivity (Wildman–Crippen MR) is 98.2 cm³/mol. The lowest BCUT2D eigenvalue weighted by molar-refractivity contribution is -0.113. The van der Waals surface area contributed by atoms with E-state index in [9.17, 15) is 4.79 Å². The van der Waals surface area contributed by atoms with E-state index >= 15 is 0 Å². The quantitative estimate of drug-likeness (QED) is 0.691. The highest BCUT2D eigenvalue weighted by Gasteiger charge is 2.31. The normalized spacial score (nSPS) is 15.5. The second-order valence-electron chi connectivity index (χ2n) is 5.39. The standard InChI is InChI=1S/C19H15N3OS/c1-2-13-4-3-5-16(10-13)22-18(23)17(21-19(22)24)11-14-6-8-15(12-20)9-7-14/h3-11H,2H2,1H3,(H,21,24)/b17-11+. The van der Waals surface area contributed by atoms with Crippen molar-refractivity contribution in [1.82, 2.24) is 5.32 Å². The van der Waals surface area contributed by atoms with E-state index in [0.29, 0.717) is 16.4 Å². The number of hydrogen-bond acceptors (Lipinski definition) is 3. The van der Waals surface area contributed by atoms with Crippen LogP contribution in [0.3, 0.4) is 0 Å². The van der Waals surface area contributed by atoms with Gasteiger partial charge in [0.05, 0.1) is 17.3 Å². The fourth-order valence-electron chi connectivity index (χ4n) is 2.51. The smallest absolute Gasteiger partial charge is 0.281 e. The van der Waals surface area contributed by atoms with Crippen molar-refractivity contribution in [3.8, 4) is 6.07 Å². The van der Waals surface area contributed by atoms with Crippen LogP contribution in [0.25, 0.3) is 6.08 Å². The number of carbonyl (C=O) groups excluding carboxylic acids is 1. The molecule has 3 rings (SSSR count). The first kappa shape index (κ1) is 15.9. The highest BCUT2D eigenvalue weighted by atomic mass is 32.1. The molecule has 1 saturated heterocycles. The molecule has 2 aromatic rings. The van der Waals surface area contributed by atoms with Crippen molar-refractivity contribution in [2.24, 2.45) is 0 Å². The first-order chi connectivity index (χ1) is 11.6. The zero-order chi connectivity index (χ0) is 17.1. The van der Waals surface area contributed by atoms with Crippen molar-refractivity contribution in [2.45, 2.75) is 13.3 Å². The molecule has 1 amide bonds. The maximum absolute atomic E-state index is 12.7. The molecule has 0 bridgehead atoms. The average molecular weight is 333 g/mol. The minimum absolute atomic E-state index is 0.183. The van der Waals surface area contributed by atoms with E-state index in [4.69, 9.17) is 17.5 Å². The lowest BCUT2D eigenvalue weighted by Gasteiger charge is -2.14. The molecule has 1 N–H and O–H groups in total. The number of nitriles is 1. The second-order valence-corrected chi connectivity index (χ2v) is 5.77. The number of benzene rings is 2. The molecule has 2 aromatic carbocycles. The molecule has 24 heavy (non-hydrogen) atoms. The van der Waals surface area contributed by atoms with Gasteiger partial charge in [-0.25, -0.2) is 0 Å². The van der Waals surface area contributed by atoms with Gasteiger partial charge in [-0.3, -0.25) is 9.69 Å². The van der Waals surface area contributed by atoms with Crippen molar-refractivity contribution in [1.29, 1.82) is 5.26 Å². The highest BCUT2D eigenvalue weighted by Crippen LogP contribution is 2.23. The lowest BCUT2D eigenvalue weighted by Crippen LogP contribution is -2.30. The van der Waals surface area contributed by atoms with Gasteiger partial charge in [-0.2, -0.15) is 5.26 Å². The molecule has 0 atom stereocenters. The van der Waals surface area contributed by atoms with E-state index in [0.717, 1.165) is 23.2 Å². The largest absolute Gasteiger partial charge is 0.327 e. The fourth-order valence-corrected chi connectivity index (χ4v) is 2.80. The molecule has 0 unspecified atom stereocenters. The second kappa shape index (κ2) is 6.65. The Morgan fingerprint density at radius 2 is 2.00 bits per heavy atom. The minimum Gasteiger partial charge on any atom is -0.327 e. The molecule has 0 radical (unpaired) electrons. The zero-order valence-corrected chi connectivity index (χ0v) is 13.9. The Labute approximate surface area is 146 Å². The Bertz CT molecular complexity index is 878. The summed E-state index contributed by atoms with van der Waals surface area (Å²) in [6, 6.07) is 16.9. The van der Waals surface area contributed by atoms with Gasteiger partial charge in [0.1, 0.15) is 5.70 Å². The Morgan fingerprint density at radius 1 is 1.25 bits per heavy atom. The molecule has 1 heterocycles. The summed E-state index contributed by atoms with van der Waals surface area (Å²) in [5, 5.41) is 12.2. The molecule has 0 saturated carbocycles. The fraction of sp³-hybridized carbons (Fsp3) is 0.105. The van der Waals surface area contributed by atoms with Crippen LogP contribution in [0.1, 0.15) is 23.6 Å². The van der Waals surface area contributed by atoms with Gasteiger partial charge in [0.2, 0.25) is 0 Å². The minimum atomic E-state index is -0.183. The third-order valence-corrected chi connectivity index (χ3v) is 4.09. The maximum Gasteiger partial charge on any atom is 0.281 e. The molecular weight excluding hydrogens is 318 g/mol. The first-order valence-corrected chi connectivity index (χ1v) is 7.99. The van der Waals surface area contributed by atoms with E-state index in [1.54, 1.807) is 30.3 Å². The summed E-state index contributed by atoms with van der Waals surface area (Å²) < 4.78 is 0. The van der Waals surface area contributed by atoms with Crippen LogP contribution in [0.15, 0.2) is 54.2 Å². The third kappa shape index (κ3) is 3.05. The van der Waals surface area contributed by atoms with Gasteiger partial charge in [0.15, 0.2) is 5.11 Å². The number of nitrogens with zero attached hydrogens (tertiary/aromatic N) is 2. The third-order valence-electron chi connectivity index (χ3n) is 3.81. The van der Waals surface area contributed by atoms with Gasteiger partial charge in [0, 0.05) is 0 Å². The number of aryl methyl sites for hydroxylation is 1. The molecule has 1 aliphatic heterocycles. The van der Waals surface area contributed by atoms with E-state index in [-0.39, 0.29) is 5.91 Å². The van der Waals surface area contributed by atoms with E-state index in [1.165, 1.54) is 4.90 Å². The zero-order valence-electron chi connectivity index (χ0n) is 13.1. The molecule has 0 aromatic heterocycles. The van der Waals surface area contributed by atoms with Crippen LogP contribution < -0.4 is 10.2 Å². The predicted octanol–water partition coefficient (Wildman–Crippen LogP) is 3.38. The topological polar surface area (TPSA) is 56.1 Å². The molecule has 1 fully saturated rings. The van der Waals surface area contributed by atoms with Gasteiger partial charge in [-0.05, 0) is 60.1 Å². The van der Waals surface area contributed by atoms with Gasteiger partial charge >= 0.3 is 0 Å². The molecule has 1 aliphatic rings. The van der Waals surface area contributed by atoms with Crippen molar-refractivity contribution in [3.63, 3.8) is 0 Å².